The maximum atomic E-state index is 13.3. The van der Waals surface area contributed by atoms with Crippen molar-refractivity contribution in [2.75, 3.05) is 4.72 Å². The normalized spacial score (nSPS) is 11.7. The van der Waals surface area contributed by atoms with E-state index in [1.807, 2.05) is 30.3 Å². The summed E-state index contributed by atoms with van der Waals surface area (Å²) in [5, 5.41) is 12.9. The van der Waals surface area contributed by atoms with Crippen LogP contribution in [-0.2, 0) is 24.1 Å². The lowest BCUT2D eigenvalue weighted by atomic mass is 10.1. The van der Waals surface area contributed by atoms with Gasteiger partial charge in [0, 0.05) is 47.5 Å². The number of benzene rings is 3. The van der Waals surface area contributed by atoms with Crippen LogP contribution in [0.1, 0.15) is 0 Å². The highest BCUT2D eigenvalue weighted by molar-refractivity contribution is 7.99. The lowest BCUT2D eigenvalue weighted by molar-refractivity contribution is 0.469. The number of hydrogen-bond donors (Lipinski definition) is 2. The van der Waals surface area contributed by atoms with Crippen molar-refractivity contribution in [1.29, 1.82) is 0 Å². The number of aromatic hydroxyl groups is 1. The molecule has 11 heteroatoms. The van der Waals surface area contributed by atoms with Crippen molar-refractivity contribution >= 4 is 49.1 Å². The Hall–Kier alpha value is -4.09. The molecule has 0 aliphatic heterocycles. The molecule has 2 N–H and O–H groups in total. The van der Waals surface area contributed by atoms with Crippen LogP contribution < -0.4 is 16.0 Å². The van der Waals surface area contributed by atoms with Gasteiger partial charge in [0.15, 0.2) is 4.90 Å². The van der Waals surface area contributed by atoms with E-state index >= 15 is 0 Å². The van der Waals surface area contributed by atoms with Gasteiger partial charge in [0.2, 0.25) is 0 Å². The zero-order valence-electron chi connectivity index (χ0n) is 19.2. The number of aryl methyl sites for hydroxylation is 1. The molecule has 0 saturated carbocycles. The predicted octanol–water partition coefficient (Wildman–Crippen LogP) is 3.44. The van der Waals surface area contributed by atoms with Crippen LogP contribution in [0.25, 0.3) is 21.7 Å². The summed E-state index contributed by atoms with van der Waals surface area (Å²) in [4.78, 5) is 29.7. The fourth-order valence-electron chi connectivity index (χ4n) is 3.93. The Labute approximate surface area is 209 Å². The molecule has 2 aromatic heterocycles. The smallest absolute Gasteiger partial charge is 0.330 e. The number of para-hydroxylation sites is 1. The molecule has 0 unspecified atom stereocenters. The third-order valence-electron chi connectivity index (χ3n) is 5.75. The second kappa shape index (κ2) is 8.85. The summed E-state index contributed by atoms with van der Waals surface area (Å²) in [7, 11) is -1.80. The van der Waals surface area contributed by atoms with Crippen LogP contribution in [0.5, 0.6) is 5.75 Å². The number of nitrogens with zero attached hydrogens (tertiary/aromatic N) is 3. The number of phenolic OH excluding ortho intramolecular Hbond substituents is 1. The lowest BCUT2D eigenvalue weighted by Gasteiger charge is -2.15. The first kappa shape index (κ1) is 23.6. The highest BCUT2D eigenvalue weighted by Gasteiger charge is 2.24. The number of phenols is 1. The number of aromatic nitrogens is 3. The largest absolute Gasteiger partial charge is 0.506 e. The number of rotatable bonds is 5. The lowest BCUT2D eigenvalue weighted by Crippen LogP contribution is -2.40. The molecule has 0 aliphatic carbocycles. The number of hydrogen-bond acceptors (Lipinski definition) is 7. The molecule has 0 bridgehead atoms. The van der Waals surface area contributed by atoms with E-state index in [-0.39, 0.29) is 11.4 Å². The summed E-state index contributed by atoms with van der Waals surface area (Å²) < 4.78 is 30.8. The minimum absolute atomic E-state index is 0.00972. The van der Waals surface area contributed by atoms with Crippen molar-refractivity contribution in [2.45, 2.75) is 14.7 Å². The maximum Gasteiger partial charge on any atom is 0.330 e. The zero-order valence-corrected chi connectivity index (χ0v) is 20.8. The van der Waals surface area contributed by atoms with Crippen LogP contribution in [0.2, 0.25) is 0 Å². The summed E-state index contributed by atoms with van der Waals surface area (Å²) in [5.41, 5.74) is -0.662. The maximum absolute atomic E-state index is 13.3. The first-order valence-corrected chi connectivity index (χ1v) is 13.0. The highest BCUT2D eigenvalue weighted by Crippen LogP contribution is 2.44. The fraction of sp³-hybridized carbons (Fsp3) is 0.0800. The van der Waals surface area contributed by atoms with Crippen molar-refractivity contribution in [3.8, 4) is 5.75 Å². The van der Waals surface area contributed by atoms with Crippen LogP contribution in [0.4, 0.5) is 5.69 Å². The quantitative estimate of drug-likeness (QED) is 0.340. The minimum atomic E-state index is -4.38. The molecule has 2 heterocycles. The molecule has 0 atom stereocenters. The van der Waals surface area contributed by atoms with Gasteiger partial charge in [-0.1, -0.05) is 54.2 Å². The van der Waals surface area contributed by atoms with Crippen LogP contribution in [0.3, 0.4) is 0 Å². The van der Waals surface area contributed by atoms with E-state index in [4.69, 9.17) is 0 Å². The second-order valence-corrected chi connectivity index (χ2v) is 10.8. The molecular weight excluding hydrogens is 500 g/mol. The van der Waals surface area contributed by atoms with Gasteiger partial charge in [0.1, 0.15) is 5.75 Å². The Kier molecular flexibility index (Phi) is 5.81. The topological polar surface area (TPSA) is 123 Å². The number of fused-ring (bicyclic) bond motifs is 2. The molecular formula is C25H20N4O5S2. The van der Waals surface area contributed by atoms with Crippen LogP contribution in [0, 0.1) is 0 Å². The molecule has 0 saturated heterocycles. The van der Waals surface area contributed by atoms with Crippen molar-refractivity contribution in [2.24, 2.45) is 14.1 Å². The van der Waals surface area contributed by atoms with Gasteiger partial charge in [-0.3, -0.25) is 19.1 Å². The fourth-order valence-corrected chi connectivity index (χ4v) is 6.20. The molecule has 182 valence electrons. The van der Waals surface area contributed by atoms with E-state index < -0.39 is 26.2 Å². The summed E-state index contributed by atoms with van der Waals surface area (Å²) in [5.74, 6) is -0.00972. The average Bonchev–Trinajstić information content (AvgIpc) is 2.87. The van der Waals surface area contributed by atoms with Gasteiger partial charge in [-0.05, 0) is 18.2 Å². The van der Waals surface area contributed by atoms with Gasteiger partial charge < -0.3 is 9.67 Å². The molecule has 0 amide bonds. The molecule has 9 nitrogen and oxygen atoms in total. The van der Waals surface area contributed by atoms with Gasteiger partial charge >= 0.3 is 5.69 Å². The molecule has 0 radical (unpaired) electrons. The second-order valence-electron chi connectivity index (χ2n) is 8.11. The van der Waals surface area contributed by atoms with E-state index in [1.165, 1.54) is 31.9 Å². The van der Waals surface area contributed by atoms with Gasteiger partial charge in [0.05, 0.1) is 16.1 Å². The number of nitrogens with one attached hydrogen (secondary N) is 1. The average molecular weight is 521 g/mol. The van der Waals surface area contributed by atoms with E-state index in [9.17, 15) is 23.1 Å². The van der Waals surface area contributed by atoms with Gasteiger partial charge in [-0.25, -0.2) is 13.2 Å². The van der Waals surface area contributed by atoms with Crippen molar-refractivity contribution in [3.63, 3.8) is 0 Å². The summed E-state index contributed by atoms with van der Waals surface area (Å²) in [6, 6.07) is 17.8. The van der Waals surface area contributed by atoms with E-state index in [2.05, 4.69) is 9.71 Å². The molecule has 0 fully saturated rings. The first-order valence-electron chi connectivity index (χ1n) is 10.7. The number of pyridine rings is 1. The zero-order chi connectivity index (χ0) is 25.6. The predicted molar refractivity (Wildman–Crippen MR) is 139 cm³/mol. The van der Waals surface area contributed by atoms with Crippen molar-refractivity contribution in [1.82, 2.24) is 14.1 Å². The Bertz CT molecular complexity index is 1890. The van der Waals surface area contributed by atoms with Gasteiger partial charge in [-0.2, -0.15) is 0 Å². The third kappa shape index (κ3) is 4.01. The minimum Gasteiger partial charge on any atom is -0.506 e. The van der Waals surface area contributed by atoms with Gasteiger partial charge in [0.25, 0.3) is 15.6 Å². The van der Waals surface area contributed by atoms with Gasteiger partial charge in [-0.15, -0.1) is 0 Å². The van der Waals surface area contributed by atoms with Crippen LogP contribution in [-0.4, -0.2) is 27.6 Å². The summed E-state index contributed by atoms with van der Waals surface area (Å²) in [6.07, 6.45) is 2.67. The monoisotopic (exact) mass is 520 g/mol. The van der Waals surface area contributed by atoms with Crippen LogP contribution in [0.15, 0.2) is 97.3 Å². The SMILES string of the molecule is Cn1cc(S(=O)(=O)Nc2cc(Sc3cccc4cccnc34)c(O)c3ccccc23)c(=O)n(C)c1=O. The Balaban J connectivity index is 1.66. The first-order chi connectivity index (χ1) is 17.2. The molecule has 0 spiro atoms. The van der Waals surface area contributed by atoms with E-state index in [0.29, 0.717) is 15.7 Å². The molecule has 0 aliphatic rings. The standard InChI is InChI=1S/C25H20N4O5S2/c1-28-14-21(24(31)29(2)25(28)32)36(33,34)27-18-13-20(23(30)17-10-4-3-9-16(17)18)35-19-11-5-7-15-8-6-12-26-22(15)19/h3-14,27,30H,1-2H3. The summed E-state index contributed by atoms with van der Waals surface area (Å²) in [6.45, 7) is 0. The Morgan fingerprint density at radius 3 is 2.44 bits per heavy atom. The third-order valence-corrected chi connectivity index (χ3v) is 8.17. The Morgan fingerprint density at radius 1 is 0.944 bits per heavy atom. The molecule has 3 aromatic carbocycles. The summed E-state index contributed by atoms with van der Waals surface area (Å²) >= 11 is 1.25. The van der Waals surface area contributed by atoms with Crippen molar-refractivity contribution < 1.29 is 13.5 Å². The number of anilines is 1. The molecule has 5 rings (SSSR count). The molecule has 36 heavy (non-hydrogen) atoms. The van der Waals surface area contributed by atoms with E-state index in [1.54, 1.807) is 30.5 Å². The highest BCUT2D eigenvalue weighted by atomic mass is 32.2. The van der Waals surface area contributed by atoms with E-state index in [0.717, 1.165) is 31.1 Å². The van der Waals surface area contributed by atoms with Crippen molar-refractivity contribution in [3.05, 3.63) is 93.9 Å². The number of sulfonamides is 1. The Morgan fingerprint density at radius 2 is 1.67 bits per heavy atom. The van der Waals surface area contributed by atoms with Crippen LogP contribution >= 0.6 is 11.8 Å². The molecule has 5 aromatic rings.